The Morgan fingerprint density at radius 1 is 1.44 bits per heavy atom. The van der Waals surface area contributed by atoms with Crippen LogP contribution >= 0.6 is 0 Å². The number of nitrogens with one attached hydrogen (secondary N) is 1. The van der Waals surface area contributed by atoms with Crippen LogP contribution in [0.2, 0.25) is 0 Å². The van der Waals surface area contributed by atoms with Gasteiger partial charge in [-0.3, -0.25) is 4.79 Å². The Morgan fingerprint density at radius 3 is 2.56 bits per heavy atom. The maximum absolute atomic E-state index is 10.6. The zero-order chi connectivity index (χ0) is 7.11. The lowest BCUT2D eigenvalue weighted by atomic mass is 10.3. The molecule has 1 amide bonds. The van der Waals surface area contributed by atoms with Crippen molar-refractivity contribution in [3.63, 3.8) is 0 Å². The van der Waals surface area contributed by atoms with E-state index < -0.39 is 0 Å². The lowest BCUT2D eigenvalue weighted by molar-refractivity contribution is -0.120. The average molecular weight is 129 g/mol. The summed E-state index contributed by atoms with van der Waals surface area (Å²) in [5.41, 5.74) is 0. The molecule has 0 aliphatic heterocycles. The molecule has 0 saturated carbocycles. The summed E-state index contributed by atoms with van der Waals surface area (Å²) in [6.07, 6.45) is 2.83. The van der Waals surface area contributed by atoms with Crippen molar-refractivity contribution in [2.45, 2.75) is 33.1 Å². The molecule has 0 aliphatic rings. The molecule has 0 aliphatic carbocycles. The normalized spacial score (nSPS) is 9.11. The number of rotatable bonds is 4. The van der Waals surface area contributed by atoms with Crippen molar-refractivity contribution < 1.29 is 4.79 Å². The maximum Gasteiger partial charge on any atom is 0.219 e. The van der Waals surface area contributed by atoms with Gasteiger partial charge in [0.05, 0.1) is 0 Å². The number of hydrogen-bond donors (Lipinski definition) is 1. The zero-order valence-corrected chi connectivity index (χ0v) is 6.24. The van der Waals surface area contributed by atoms with E-state index in [1.807, 2.05) is 6.92 Å². The van der Waals surface area contributed by atoms with E-state index >= 15 is 0 Å². The monoisotopic (exact) mass is 129 g/mol. The van der Waals surface area contributed by atoms with E-state index in [0.717, 1.165) is 19.4 Å². The van der Waals surface area contributed by atoms with Gasteiger partial charge in [0, 0.05) is 13.0 Å². The van der Waals surface area contributed by atoms with Crippen molar-refractivity contribution in [3.05, 3.63) is 0 Å². The summed E-state index contributed by atoms with van der Waals surface area (Å²) in [4.78, 5) is 10.6. The molecule has 0 bridgehead atoms. The van der Waals surface area contributed by atoms with Crippen molar-refractivity contribution in [3.8, 4) is 0 Å². The molecule has 0 saturated heterocycles. The third-order valence-corrected chi connectivity index (χ3v) is 1.17. The van der Waals surface area contributed by atoms with Crippen molar-refractivity contribution in [1.82, 2.24) is 5.32 Å². The fourth-order valence-electron chi connectivity index (χ4n) is 0.530. The van der Waals surface area contributed by atoms with Gasteiger partial charge in [0.2, 0.25) is 5.91 Å². The van der Waals surface area contributed by atoms with Crippen LogP contribution in [0.3, 0.4) is 0 Å². The van der Waals surface area contributed by atoms with Gasteiger partial charge >= 0.3 is 0 Å². The molecule has 0 aromatic carbocycles. The molecule has 0 rings (SSSR count). The van der Waals surface area contributed by atoms with E-state index in [-0.39, 0.29) is 5.91 Å². The Bertz CT molecular complexity index is 81.0. The van der Waals surface area contributed by atoms with E-state index in [1.54, 1.807) is 0 Å². The van der Waals surface area contributed by atoms with Gasteiger partial charge in [-0.05, 0) is 6.42 Å². The molecule has 54 valence electrons. The second kappa shape index (κ2) is 5.60. The van der Waals surface area contributed by atoms with E-state index in [2.05, 4.69) is 12.2 Å². The van der Waals surface area contributed by atoms with Crippen LogP contribution in [0.15, 0.2) is 0 Å². The minimum atomic E-state index is 0.156. The topological polar surface area (TPSA) is 29.1 Å². The summed E-state index contributed by atoms with van der Waals surface area (Å²) >= 11 is 0. The van der Waals surface area contributed by atoms with Crippen LogP contribution in [0.5, 0.6) is 0 Å². The highest BCUT2D eigenvalue weighted by molar-refractivity contribution is 5.75. The second-order valence-corrected chi connectivity index (χ2v) is 2.06. The molecule has 0 aromatic rings. The van der Waals surface area contributed by atoms with Crippen LogP contribution in [-0.2, 0) is 4.79 Å². The maximum atomic E-state index is 10.6. The van der Waals surface area contributed by atoms with E-state index in [4.69, 9.17) is 0 Å². The molecular formula is C7H15NO. The van der Waals surface area contributed by atoms with Gasteiger partial charge in [-0.25, -0.2) is 0 Å². The quantitative estimate of drug-likeness (QED) is 0.570. The molecule has 2 heteroatoms. The highest BCUT2D eigenvalue weighted by Gasteiger charge is 1.91. The number of carbonyl (C=O) groups is 1. The standard InChI is InChI=1S/C7H15NO/c1-3-5-6-8-7(9)4-2/h3-6H2,1-2H3,(H,8,9). The SMILES string of the molecule is CCCCNC(=O)CC. The van der Waals surface area contributed by atoms with E-state index in [9.17, 15) is 4.79 Å². The lowest BCUT2D eigenvalue weighted by Gasteiger charge is -1.99. The highest BCUT2D eigenvalue weighted by atomic mass is 16.1. The van der Waals surface area contributed by atoms with Crippen LogP contribution in [-0.4, -0.2) is 12.5 Å². The van der Waals surface area contributed by atoms with Crippen LogP contribution in [0.1, 0.15) is 33.1 Å². The lowest BCUT2D eigenvalue weighted by Crippen LogP contribution is -2.22. The molecule has 0 radical (unpaired) electrons. The number of carbonyl (C=O) groups excluding carboxylic acids is 1. The molecule has 0 aromatic heterocycles. The van der Waals surface area contributed by atoms with Crippen molar-refractivity contribution in [1.29, 1.82) is 0 Å². The van der Waals surface area contributed by atoms with Crippen LogP contribution in [0, 0.1) is 0 Å². The first kappa shape index (κ1) is 8.47. The molecule has 2 nitrogen and oxygen atoms in total. The second-order valence-electron chi connectivity index (χ2n) is 2.06. The predicted molar refractivity (Wildman–Crippen MR) is 38.2 cm³/mol. The summed E-state index contributed by atoms with van der Waals surface area (Å²) in [6.45, 7) is 4.81. The van der Waals surface area contributed by atoms with E-state index in [1.165, 1.54) is 0 Å². The molecular weight excluding hydrogens is 114 g/mol. The predicted octanol–water partition coefficient (Wildman–Crippen LogP) is 1.31. The minimum Gasteiger partial charge on any atom is -0.356 e. The Balaban J connectivity index is 2.97. The van der Waals surface area contributed by atoms with Gasteiger partial charge < -0.3 is 5.32 Å². The fourth-order valence-corrected chi connectivity index (χ4v) is 0.530. The first-order valence-electron chi connectivity index (χ1n) is 3.58. The highest BCUT2D eigenvalue weighted by Crippen LogP contribution is 1.83. The first-order chi connectivity index (χ1) is 4.31. The molecule has 1 N–H and O–H groups in total. The number of unbranched alkanes of at least 4 members (excludes halogenated alkanes) is 1. The average Bonchev–Trinajstić information content (AvgIpc) is 1.89. The van der Waals surface area contributed by atoms with Gasteiger partial charge in [0.1, 0.15) is 0 Å². The molecule has 0 fully saturated rings. The van der Waals surface area contributed by atoms with Gasteiger partial charge in [-0.15, -0.1) is 0 Å². The number of hydrogen-bond acceptors (Lipinski definition) is 1. The van der Waals surface area contributed by atoms with Crippen molar-refractivity contribution >= 4 is 5.91 Å². The third kappa shape index (κ3) is 5.34. The summed E-state index contributed by atoms with van der Waals surface area (Å²) in [5, 5.41) is 2.79. The molecule has 9 heavy (non-hydrogen) atoms. The minimum absolute atomic E-state index is 0.156. The van der Waals surface area contributed by atoms with Crippen LogP contribution < -0.4 is 5.32 Å². The van der Waals surface area contributed by atoms with E-state index in [0.29, 0.717) is 6.42 Å². The molecule has 0 unspecified atom stereocenters. The smallest absolute Gasteiger partial charge is 0.219 e. The van der Waals surface area contributed by atoms with Crippen molar-refractivity contribution in [2.75, 3.05) is 6.54 Å². The Kier molecular flexibility index (Phi) is 5.27. The number of amides is 1. The first-order valence-corrected chi connectivity index (χ1v) is 3.58. The summed E-state index contributed by atoms with van der Waals surface area (Å²) in [7, 11) is 0. The van der Waals surface area contributed by atoms with Gasteiger partial charge in [0.15, 0.2) is 0 Å². The van der Waals surface area contributed by atoms with Crippen LogP contribution in [0.4, 0.5) is 0 Å². The largest absolute Gasteiger partial charge is 0.356 e. The molecule has 0 atom stereocenters. The fraction of sp³-hybridized carbons (Fsp3) is 0.857. The van der Waals surface area contributed by atoms with Crippen molar-refractivity contribution in [2.24, 2.45) is 0 Å². The summed E-state index contributed by atoms with van der Waals surface area (Å²) in [6, 6.07) is 0. The summed E-state index contributed by atoms with van der Waals surface area (Å²) < 4.78 is 0. The zero-order valence-electron chi connectivity index (χ0n) is 6.24. The Labute approximate surface area is 56.6 Å². The Hall–Kier alpha value is -0.530. The Morgan fingerprint density at radius 2 is 2.11 bits per heavy atom. The summed E-state index contributed by atoms with van der Waals surface area (Å²) in [5.74, 6) is 0.156. The molecule has 0 heterocycles. The van der Waals surface area contributed by atoms with Gasteiger partial charge in [0.25, 0.3) is 0 Å². The van der Waals surface area contributed by atoms with Crippen LogP contribution in [0.25, 0.3) is 0 Å². The van der Waals surface area contributed by atoms with Gasteiger partial charge in [-0.1, -0.05) is 20.3 Å². The molecule has 0 spiro atoms. The van der Waals surface area contributed by atoms with Gasteiger partial charge in [-0.2, -0.15) is 0 Å². The third-order valence-electron chi connectivity index (χ3n) is 1.17.